The summed E-state index contributed by atoms with van der Waals surface area (Å²) in [5.41, 5.74) is 2.18. The summed E-state index contributed by atoms with van der Waals surface area (Å²) in [5, 5.41) is 4.20. The maximum atomic E-state index is 12.4. The van der Waals surface area contributed by atoms with Crippen molar-refractivity contribution in [1.29, 1.82) is 0 Å². The van der Waals surface area contributed by atoms with Crippen molar-refractivity contribution in [2.45, 2.75) is 38.8 Å². The number of carbonyl (C=O) groups excluding carboxylic acids is 1. The summed E-state index contributed by atoms with van der Waals surface area (Å²) in [5.74, 6) is 1.82. The molecule has 4 nitrogen and oxygen atoms in total. The first-order valence-corrected chi connectivity index (χ1v) is 9.21. The Bertz CT molecular complexity index is 788. The second kappa shape index (κ2) is 6.34. The standard InChI is InChI=1S/C20H22ClN3O/c1-12-19(23-18-10-9-15(21)11-22-18)16-5-3-4-6-17(16)24(13(2)25)20(12)14-7-8-14/h3-6,9-12,14,19-20H,7-8H2,1-2H3,(H,22,23)/t12-,19?,20-/m1/s1. The molecule has 1 aliphatic heterocycles. The lowest BCUT2D eigenvalue weighted by Crippen LogP contribution is -2.51. The zero-order valence-corrected chi connectivity index (χ0v) is 15.2. The van der Waals surface area contributed by atoms with Gasteiger partial charge in [-0.25, -0.2) is 4.98 Å². The Kier molecular flexibility index (Phi) is 4.16. The summed E-state index contributed by atoms with van der Waals surface area (Å²) in [6.07, 6.45) is 4.06. The van der Waals surface area contributed by atoms with Crippen molar-refractivity contribution < 1.29 is 4.79 Å². The summed E-state index contributed by atoms with van der Waals surface area (Å²) < 4.78 is 0. The van der Waals surface area contributed by atoms with Crippen LogP contribution in [0.25, 0.3) is 0 Å². The molecular formula is C20H22ClN3O. The maximum absolute atomic E-state index is 12.4. The van der Waals surface area contributed by atoms with Crippen molar-refractivity contribution in [3.63, 3.8) is 0 Å². The Hall–Kier alpha value is -2.07. The summed E-state index contributed by atoms with van der Waals surface area (Å²) in [7, 11) is 0. The molecule has 0 spiro atoms. The first-order chi connectivity index (χ1) is 12.1. The second-order valence-electron chi connectivity index (χ2n) is 7.12. The number of benzene rings is 1. The van der Waals surface area contributed by atoms with Gasteiger partial charge in [0.05, 0.1) is 11.1 Å². The number of para-hydroxylation sites is 1. The van der Waals surface area contributed by atoms with Crippen LogP contribution in [0.3, 0.4) is 0 Å². The number of nitrogens with zero attached hydrogens (tertiary/aromatic N) is 2. The minimum absolute atomic E-state index is 0.117. The fourth-order valence-electron chi connectivity index (χ4n) is 4.13. The van der Waals surface area contributed by atoms with E-state index >= 15 is 0 Å². The molecule has 3 atom stereocenters. The summed E-state index contributed by atoms with van der Waals surface area (Å²) >= 11 is 5.96. The van der Waals surface area contributed by atoms with E-state index < -0.39 is 0 Å². The molecule has 1 aliphatic carbocycles. The normalized spacial score (nSPS) is 25.4. The molecule has 25 heavy (non-hydrogen) atoms. The predicted octanol–water partition coefficient (Wildman–Crippen LogP) is 4.67. The molecule has 130 valence electrons. The predicted molar refractivity (Wildman–Crippen MR) is 101 cm³/mol. The maximum Gasteiger partial charge on any atom is 0.224 e. The van der Waals surface area contributed by atoms with Crippen LogP contribution in [0.15, 0.2) is 42.6 Å². The molecule has 0 saturated heterocycles. The summed E-state index contributed by atoms with van der Waals surface area (Å²) in [4.78, 5) is 18.8. The van der Waals surface area contributed by atoms with Gasteiger partial charge in [-0.3, -0.25) is 4.79 Å². The number of halogens is 1. The van der Waals surface area contributed by atoms with Crippen LogP contribution in [0.2, 0.25) is 5.02 Å². The van der Waals surface area contributed by atoms with E-state index in [2.05, 4.69) is 29.4 Å². The van der Waals surface area contributed by atoms with Gasteiger partial charge in [0, 0.05) is 30.8 Å². The zero-order chi connectivity index (χ0) is 17.6. The first kappa shape index (κ1) is 16.4. The molecule has 1 N–H and O–H groups in total. The van der Waals surface area contributed by atoms with Crippen LogP contribution >= 0.6 is 11.6 Å². The first-order valence-electron chi connectivity index (χ1n) is 8.83. The molecule has 2 aliphatic rings. The third-order valence-electron chi connectivity index (χ3n) is 5.37. The summed E-state index contributed by atoms with van der Waals surface area (Å²) in [6, 6.07) is 12.3. The highest BCUT2D eigenvalue weighted by Gasteiger charge is 2.47. The van der Waals surface area contributed by atoms with Gasteiger partial charge in [0.2, 0.25) is 5.91 Å². The van der Waals surface area contributed by atoms with Gasteiger partial charge in [0.1, 0.15) is 5.82 Å². The Morgan fingerprint density at radius 1 is 1.24 bits per heavy atom. The number of aromatic nitrogens is 1. The Labute approximate surface area is 153 Å². The van der Waals surface area contributed by atoms with Crippen molar-refractivity contribution in [3.8, 4) is 0 Å². The van der Waals surface area contributed by atoms with Gasteiger partial charge < -0.3 is 10.2 Å². The molecule has 0 radical (unpaired) electrons. The number of rotatable bonds is 3. The minimum atomic E-state index is 0.117. The van der Waals surface area contributed by atoms with Gasteiger partial charge in [-0.15, -0.1) is 0 Å². The Balaban J connectivity index is 1.76. The highest BCUT2D eigenvalue weighted by Crippen LogP contribution is 2.49. The third kappa shape index (κ3) is 2.99. The lowest BCUT2D eigenvalue weighted by Gasteiger charge is -2.45. The third-order valence-corrected chi connectivity index (χ3v) is 5.59. The van der Waals surface area contributed by atoms with Crippen molar-refractivity contribution in [2.75, 3.05) is 10.2 Å². The molecule has 1 fully saturated rings. The molecule has 2 aromatic rings. The van der Waals surface area contributed by atoms with Gasteiger partial charge in [-0.05, 0) is 42.5 Å². The fraction of sp³-hybridized carbons (Fsp3) is 0.400. The van der Waals surface area contributed by atoms with Crippen LogP contribution in [-0.4, -0.2) is 16.9 Å². The summed E-state index contributed by atoms with van der Waals surface area (Å²) in [6.45, 7) is 3.91. The molecule has 1 aromatic carbocycles. The van der Waals surface area contributed by atoms with E-state index in [0.717, 1.165) is 17.1 Å². The van der Waals surface area contributed by atoms with Crippen LogP contribution in [0.5, 0.6) is 0 Å². The largest absolute Gasteiger partial charge is 0.363 e. The van der Waals surface area contributed by atoms with E-state index in [4.69, 9.17) is 11.6 Å². The average Bonchev–Trinajstić information content (AvgIpc) is 3.43. The number of anilines is 2. The van der Waals surface area contributed by atoms with Crippen molar-refractivity contribution in [1.82, 2.24) is 4.98 Å². The van der Waals surface area contributed by atoms with Gasteiger partial charge >= 0.3 is 0 Å². The van der Waals surface area contributed by atoms with Crippen molar-refractivity contribution >= 4 is 29.0 Å². The van der Waals surface area contributed by atoms with Gasteiger partial charge in [0.15, 0.2) is 0 Å². The Morgan fingerprint density at radius 2 is 2.00 bits per heavy atom. The van der Waals surface area contributed by atoms with Crippen molar-refractivity contribution in [3.05, 3.63) is 53.2 Å². The van der Waals surface area contributed by atoms with Crippen molar-refractivity contribution in [2.24, 2.45) is 11.8 Å². The smallest absolute Gasteiger partial charge is 0.224 e. The van der Waals surface area contributed by atoms with E-state index in [1.807, 2.05) is 29.2 Å². The number of fused-ring (bicyclic) bond motifs is 1. The minimum Gasteiger partial charge on any atom is -0.363 e. The van der Waals surface area contributed by atoms with Crippen LogP contribution in [0.4, 0.5) is 11.5 Å². The molecule has 1 unspecified atom stereocenters. The van der Waals surface area contributed by atoms with Crippen LogP contribution in [-0.2, 0) is 4.79 Å². The fourth-order valence-corrected chi connectivity index (χ4v) is 4.24. The number of hydrogen-bond donors (Lipinski definition) is 1. The number of hydrogen-bond acceptors (Lipinski definition) is 3. The lowest BCUT2D eigenvalue weighted by molar-refractivity contribution is -0.117. The van der Waals surface area contributed by atoms with Crippen LogP contribution in [0, 0.1) is 11.8 Å². The highest BCUT2D eigenvalue weighted by atomic mass is 35.5. The lowest BCUT2D eigenvalue weighted by atomic mass is 9.80. The quantitative estimate of drug-likeness (QED) is 0.870. The van der Waals surface area contributed by atoms with E-state index in [-0.39, 0.29) is 18.0 Å². The molecule has 2 heterocycles. The van der Waals surface area contributed by atoms with Gasteiger partial charge in [0.25, 0.3) is 0 Å². The zero-order valence-electron chi connectivity index (χ0n) is 14.4. The van der Waals surface area contributed by atoms with E-state index in [9.17, 15) is 4.79 Å². The number of carbonyl (C=O) groups is 1. The second-order valence-corrected chi connectivity index (χ2v) is 7.56. The molecule has 1 saturated carbocycles. The topological polar surface area (TPSA) is 45.2 Å². The molecular weight excluding hydrogens is 334 g/mol. The van der Waals surface area contributed by atoms with E-state index in [1.165, 1.54) is 12.8 Å². The molecule has 5 heteroatoms. The SMILES string of the molecule is CC(=O)N1c2ccccc2C(Nc2ccc(Cl)cn2)[C@@H](C)[C@@H]1C1CC1. The number of nitrogens with one attached hydrogen (secondary N) is 1. The van der Waals surface area contributed by atoms with Gasteiger partial charge in [-0.2, -0.15) is 0 Å². The van der Waals surface area contributed by atoms with Crippen LogP contribution in [0.1, 0.15) is 38.3 Å². The van der Waals surface area contributed by atoms with E-state index in [0.29, 0.717) is 16.9 Å². The highest BCUT2D eigenvalue weighted by molar-refractivity contribution is 6.30. The number of pyridine rings is 1. The van der Waals surface area contributed by atoms with E-state index in [1.54, 1.807) is 13.1 Å². The average molecular weight is 356 g/mol. The molecule has 1 amide bonds. The monoisotopic (exact) mass is 355 g/mol. The van der Waals surface area contributed by atoms with Gasteiger partial charge in [-0.1, -0.05) is 36.7 Å². The molecule has 4 rings (SSSR count). The Morgan fingerprint density at radius 3 is 2.64 bits per heavy atom. The van der Waals surface area contributed by atoms with Crippen LogP contribution < -0.4 is 10.2 Å². The molecule has 1 aromatic heterocycles. The number of amides is 1. The molecule has 0 bridgehead atoms.